The summed E-state index contributed by atoms with van der Waals surface area (Å²) in [6.45, 7) is 5.94. The number of carbonyl (C=O) groups is 2. The maximum Gasteiger partial charge on any atom is 0.416 e. The average Bonchev–Trinajstić information content (AvgIpc) is 2.52. The zero-order valence-corrected chi connectivity index (χ0v) is 14.5. The van der Waals surface area contributed by atoms with Gasteiger partial charge in [-0.2, -0.15) is 13.2 Å². The van der Waals surface area contributed by atoms with Gasteiger partial charge in [-0.25, -0.2) is 4.79 Å². The highest BCUT2D eigenvalue weighted by molar-refractivity contribution is 5.72. The number of alkyl halides is 3. The number of hydrogen-bond acceptors (Lipinski definition) is 3. The van der Waals surface area contributed by atoms with Gasteiger partial charge in [-0.1, -0.05) is 12.1 Å². The van der Waals surface area contributed by atoms with E-state index in [1.54, 1.807) is 20.8 Å². The van der Waals surface area contributed by atoms with Crippen LogP contribution in [-0.2, 0) is 21.1 Å². The molecular weight excluding hydrogens is 335 g/mol. The molecule has 1 amide bonds. The first kappa shape index (κ1) is 19.3. The molecule has 1 fully saturated rings. The highest BCUT2D eigenvalue weighted by Crippen LogP contribution is 2.36. The van der Waals surface area contributed by atoms with Crippen molar-refractivity contribution >= 4 is 12.4 Å². The quantitative estimate of drug-likeness (QED) is 0.746. The minimum atomic E-state index is -4.41. The number of nitrogens with zero attached hydrogens (tertiary/aromatic N) is 1. The summed E-state index contributed by atoms with van der Waals surface area (Å²) in [5.41, 5.74) is -1.69. The van der Waals surface area contributed by atoms with Gasteiger partial charge in [0.15, 0.2) is 0 Å². The van der Waals surface area contributed by atoms with Crippen molar-refractivity contribution in [1.82, 2.24) is 4.90 Å². The molecule has 7 heteroatoms. The first-order valence-corrected chi connectivity index (χ1v) is 8.09. The second-order valence-electron chi connectivity index (χ2n) is 7.32. The van der Waals surface area contributed by atoms with Crippen LogP contribution in [0.25, 0.3) is 0 Å². The van der Waals surface area contributed by atoms with E-state index in [4.69, 9.17) is 4.74 Å². The first-order chi connectivity index (χ1) is 11.5. The summed E-state index contributed by atoms with van der Waals surface area (Å²) in [5, 5.41) is 0. The number of amides is 1. The third kappa shape index (κ3) is 4.52. The molecule has 0 spiro atoms. The van der Waals surface area contributed by atoms with Gasteiger partial charge in [-0.05, 0) is 51.3 Å². The van der Waals surface area contributed by atoms with Gasteiger partial charge in [0.25, 0.3) is 0 Å². The van der Waals surface area contributed by atoms with Gasteiger partial charge in [0.2, 0.25) is 0 Å². The van der Waals surface area contributed by atoms with Gasteiger partial charge >= 0.3 is 12.3 Å². The smallest absolute Gasteiger partial charge is 0.416 e. The van der Waals surface area contributed by atoms with E-state index in [2.05, 4.69) is 0 Å². The predicted octanol–water partition coefficient (Wildman–Crippen LogP) is 4.17. The summed E-state index contributed by atoms with van der Waals surface area (Å²) in [6.07, 6.45) is -3.38. The normalized spacial score (nSPS) is 17.9. The van der Waals surface area contributed by atoms with E-state index in [1.807, 2.05) is 0 Å². The summed E-state index contributed by atoms with van der Waals surface area (Å²) >= 11 is 0. The molecule has 0 saturated carbocycles. The SMILES string of the molecule is CC(C)(C)OC(=O)N1CCC(C=O)(c2ccc(C(F)(F)F)cc2)CC1. The molecule has 0 aromatic heterocycles. The molecule has 4 nitrogen and oxygen atoms in total. The van der Waals surface area contributed by atoms with E-state index >= 15 is 0 Å². The van der Waals surface area contributed by atoms with Crippen LogP contribution in [0, 0.1) is 0 Å². The number of likely N-dealkylation sites (tertiary alicyclic amines) is 1. The number of ether oxygens (including phenoxy) is 1. The van der Waals surface area contributed by atoms with Crippen LogP contribution in [0.1, 0.15) is 44.7 Å². The van der Waals surface area contributed by atoms with E-state index in [9.17, 15) is 22.8 Å². The Morgan fingerprint density at radius 1 is 1.12 bits per heavy atom. The van der Waals surface area contributed by atoms with Crippen LogP contribution in [0.4, 0.5) is 18.0 Å². The highest BCUT2D eigenvalue weighted by atomic mass is 19.4. The summed E-state index contributed by atoms with van der Waals surface area (Å²) in [7, 11) is 0. The molecule has 0 atom stereocenters. The third-order valence-corrected chi connectivity index (χ3v) is 4.32. The van der Waals surface area contributed by atoms with Crippen molar-refractivity contribution in [1.29, 1.82) is 0 Å². The molecular formula is C18H22F3NO3. The maximum atomic E-state index is 12.7. The largest absolute Gasteiger partial charge is 0.444 e. The van der Waals surface area contributed by atoms with E-state index < -0.39 is 28.8 Å². The van der Waals surface area contributed by atoms with Crippen molar-refractivity contribution in [2.75, 3.05) is 13.1 Å². The zero-order chi connectivity index (χ0) is 18.9. The van der Waals surface area contributed by atoms with Crippen molar-refractivity contribution < 1.29 is 27.5 Å². The van der Waals surface area contributed by atoms with E-state index in [1.165, 1.54) is 17.0 Å². The Labute approximate surface area is 144 Å². The van der Waals surface area contributed by atoms with Gasteiger partial charge in [-0.15, -0.1) is 0 Å². The summed E-state index contributed by atoms with van der Waals surface area (Å²) in [4.78, 5) is 25.3. The first-order valence-electron chi connectivity index (χ1n) is 8.09. The Balaban J connectivity index is 2.11. The van der Waals surface area contributed by atoms with Crippen molar-refractivity contribution in [3.05, 3.63) is 35.4 Å². The van der Waals surface area contributed by atoms with Gasteiger partial charge in [0.05, 0.1) is 11.0 Å². The van der Waals surface area contributed by atoms with Crippen LogP contribution in [0.5, 0.6) is 0 Å². The topological polar surface area (TPSA) is 46.6 Å². The fraction of sp³-hybridized carbons (Fsp3) is 0.556. The van der Waals surface area contributed by atoms with Crippen molar-refractivity contribution in [3.8, 4) is 0 Å². The number of hydrogen-bond donors (Lipinski definition) is 0. The fourth-order valence-corrected chi connectivity index (χ4v) is 2.88. The lowest BCUT2D eigenvalue weighted by Crippen LogP contribution is -2.47. The second kappa shape index (κ2) is 6.69. The molecule has 0 N–H and O–H groups in total. The van der Waals surface area contributed by atoms with E-state index in [0.717, 1.165) is 18.4 Å². The van der Waals surface area contributed by atoms with Crippen molar-refractivity contribution in [2.45, 2.75) is 50.8 Å². The van der Waals surface area contributed by atoms with Crippen molar-refractivity contribution in [3.63, 3.8) is 0 Å². The Hall–Kier alpha value is -2.05. The van der Waals surface area contributed by atoms with E-state index in [-0.39, 0.29) is 0 Å². The minimum Gasteiger partial charge on any atom is -0.444 e. The molecule has 1 aliphatic heterocycles. The minimum absolute atomic E-state index is 0.314. The molecule has 25 heavy (non-hydrogen) atoms. The lowest BCUT2D eigenvalue weighted by atomic mass is 9.74. The summed E-state index contributed by atoms with van der Waals surface area (Å²) < 4.78 is 43.4. The van der Waals surface area contributed by atoms with Crippen LogP contribution >= 0.6 is 0 Å². The van der Waals surface area contributed by atoms with E-state index in [0.29, 0.717) is 31.5 Å². The average molecular weight is 357 g/mol. The van der Waals surface area contributed by atoms with Gasteiger partial charge in [-0.3, -0.25) is 0 Å². The lowest BCUT2D eigenvalue weighted by molar-refractivity contribution is -0.137. The molecule has 1 heterocycles. The van der Waals surface area contributed by atoms with Gasteiger partial charge < -0.3 is 14.4 Å². The standard InChI is InChI=1S/C18H22F3NO3/c1-16(2,3)25-15(24)22-10-8-17(12-23,9-11-22)13-4-6-14(7-5-13)18(19,20)21/h4-7,12H,8-11H2,1-3H3. The lowest BCUT2D eigenvalue weighted by Gasteiger charge is -2.39. The molecule has 1 aromatic carbocycles. The summed E-state index contributed by atoms with van der Waals surface area (Å²) in [5.74, 6) is 0. The van der Waals surface area contributed by atoms with Crippen LogP contribution in [0.15, 0.2) is 24.3 Å². The molecule has 1 saturated heterocycles. The van der Waals surface area contributed by atoms with Crippen LogP contribution in [0.2, 0.25) is 0 Å². The molecule has 2 rings (SSSR count). The predicted molar refractivity (Wildman–Crippen MR) is 86.2 cm³/mol. The number of carbonyl (C=O) groups excluding carboxylic acids is 2. The number of halogens is 3. The highest BCUT2D eigenvalue weighted by Gasteiger charge is 2.39. The van der Waals surface area contributed by atoms with Crippen LogP contribution < -0.4 is 0 Å². The molecule has 1 aromatic rings. The third-order valence-electron chi connectivity index (χ3n) is 4.32. The molecule has 0 radical (unpaired) electrons. The molecule has 0 unspecified atom stereocenters. The molecule has 0 aliphatic carbocycles. The monoisotopic (exact) mass is 357 g/mol. The van der Waals surface area contributed by atoms with Gasteiger partial charge in [0, 0.05) is 13.1 Å². The number of benzene rings is 1. The van der Waals surface area contributed by atoms with Crippen LogP contribution in [0.3, 0.4) is 0 Å². The maximum absolute atomic E-state index is 12.7. The molecule has 1 aliphatic rings. The number of aldehydes is 1. The Morgan fingerprint density at radius 2 is 1.64 bits per heavy atom. The zero-order valence-electron chi connectivity index (χ0n) is 14.5. The number of rotatable bonds is 2. The summed E-state index contributed by atoms with van der Waals surface area (Å²) in [6, 6.07) is 4.67. The second-order valence-corrected chi connectivity index (χ2v) is 7.32. The number of piperidine rings is 1. The molecule has 0 bridgehead atoms. The van der Waals surface area contributed by atoms with Crippen LogP contribution in [-0.4, -0.2) is 36.0 Å². The Kier molecular flexibility index (Phi) is 5.16. The Bertz CT molecular complexity index is 624. The van der Waals surface area contributed by atoms with Crippen molar-refractivity contribution in [2.24, 2.45) is 0 Å². The van der Waals surface area contributed by atoms with Gasteiger partial charge in [0.1, 0.15) is 11.9 Å². The fourth-order valence-electron chi connectivity index (χ4n) is 2.88. The Morgan fingerprint density at radius 3 is 2.04 bits per heavy atom. The molecule has 138 valence electrons.